The van der Waals surface area contributed by atoms with Crippen LogP contribution in [0.15, 0.2) is 58.8 Å². The predicted octanol–water partition coefficient (Wildman–Crippen LogP) is 2.98. The third kappa shape index (κ3) is 4.36. The third-order valence-corrected chi connectivity index (χ3v) is 6.15. The minimum Gasteiger partial charge on any atom is -0.366 e. The van der Waals surface area contributed by atoms with E-state index in [0.717, 1.165) is 11.8 Å². The van der Waals surface area contributed by atoms with Crippen molar-refractivity contribution >= 4 is 29.0 Å². The summed E-state index contributed by atoms with van der Waals surface area (Å²) in [5.74, 6) is -0.583. The Bertz CT molecular complexity index is 1130. The molecule has 1 aliphatic heterocycles. The quantitative estimate of drug-likeness (QED) is 0.443. The molecule has 1 amide bonds. The van der Waals surface area contributed by atoms with Crippen LogP contribution in [-0.4, -0.2) is 56.7 Å². The van der Waals surface area contributed by atoms with Crippen molar-refractivity contribution in [2.45, 2.75) is 10.1 Å². The van der Waals surface area contributed by atoms with E-state index in [1.165, 1.54) is 18.5 Å². The van der Waals surface area contributed by atoms with Crippen LogP contribution in [0.3, 0.4) is 0 Å². The molecule has 0 saturated carbocycles. The van der Waals surface area contributed by atoms with E-state index in [4.69, 9.17) is 0 Å². The van der Waals surface area contributed by atoms with E-state index in [1.807, 2.05) is 4.90 Å². The van der Waals surface area contributed by atoms with Crippen LogP contribution in [0, 0.1) is 15.9 Å². The van der Waals surface area contributed by atoms with E-state index in [2.05, 4.69) is 10.2 Å². The van der Waals surface area contributed by atoms with Crippen molar-refractivity contribution in [1.82, 2.24) is 19.7 Å². The Morgan fingerprint density at radius 3 is 2.55 bits per heavy atom. The van der Waals surface area contributed by atoms with Crippen molar-refractivity contribution in [3.05, 3.63) is 70.3 Å². The van der Waals surface area contributed by atoms with Crippen molar-refractivity contribution in [2.24, 2.45) is 7.05 Å². The summed E-state index contributed by atoms with van der Waals surface area (Å²) in [7, 11) is 1.74. The second-order valence-corrected chi connectivity index (χ2v) is 8.01. The number of halogens is 1. The van der Waals surface area contributed by atoms with Crippen LogP contribution >= 0.6 is 11.8 Å². The van der Waals surface area contributed by atoms with Crippen LogP contribution in [-0.2, 0) is 7.05 Å². The zero-order chi connectivity index (χ0) is 22.0. The molecule has 1 aromatic heterocycles. The Balaban J connectivity index is 1.49. The van der Waals surface area contributed by atoms with Gasteiger partial charge in [-0.1, -0.05) is 12.1 Å². The number of carbonyl (C=O) groups excluding carboxylic acids is 1. The van der Waals surface area contributed by atoms with Crippen LogP contribution in [0.5, 0.6) is 0 Å². The van der Waals surface area contributed by atoms with Crippen LogP contribution in [0.2, 0.25) is 0 Å². The molecule has 0 N–H and O–H groups in total. The monoisotopic (exact) mass is 442 g/mol. The van der Waals surface area contributed by atoms with E-state index in [1.54, 1.807) is 46.8 Å². The second kappa shape index (κ2) is 8.72. The Hall–Kier alpha value is -3.47. The lowest BCUT2D eigenvalue weighted by atomic mass is 10.1. The van der Waals surface area contributed by atoms with E-state index in [0.29, 0.717) is 41.9 Å². The Morgan fingerprint density at radius 2 is 1.90 bits per heavy atom. The van der Waals surface area contributed by atoms with Gasteiger partial charge in [0.05, 0.1) is 15.5 Å². The molecule has 0 aliphatic carbocycles. The Kier molecular flexibility index (Phi) is 5.85. The zero-order valence-electron chi connectivity index (χ0n) is 16.6. The van der Waals surface area contributed by atoms with Crippen LogP contribution in [0.25, 0.3) is 0 Å². The zero-order valence-corrected chi connectivity index (χ0v) is 17.5. The smallest absolute Gasteiger partial charge is 0.284 e. The topological polar surface area (TPSA) is 97.4 Å². The van der Waals surface area contributed by atoms with Gasteiger partial charge < -0.3 is 14.4 Å². The molecule has 160 valence electrons. The number of nitro groups is 1. The summed E-state index contributed by atoms with van der Waals surface area (Å²) in [5, 5.41) is 19.8. The number of amides is 1. The van der Waals surface area contributed by atoms with Crippen molar-refractivity contribution in [2.75, 3.05) is 31.1 Å². The molecule has 9 nitrogen and oxygen atoms in total. The number of nitro benzene ring substituents is 1. The molecule has 0 atom stereocenters. The molecule has 0 radical (unpaired) electrons. The summed E-state index contributed by atoms with van der Waals surface area (Å²) in [6, 6.07) is 11.0. The highest BCUT2D eigenvalue weighted by Gasteiger charge is 2.26. The van der Waals surface area contributed by atoms with Crippen LogP contribution in [0.4, 0.5) is 15.8 Å². The lowest BCUT2D eigenvalue weighted by Gasteiger charge is -2.36. The molecular weight excluding hydrogens is 423 g/mol. The molecule has 1 saturated heterocycles. The average Bonchev–Trinajstić information content (AvgIpc) is 3.18. The number of anilines is 1. The number of hydrogen-bond acceptors (Lipinski definition) is 7. The molecule has 2 heterocycles. The number of piperazine rings is 1. The third-order valence-electron chi connectivity index (χ3n) is 5.03. The number of hydrogen-bond donors (Lipinski definition) is 0. The second-order valence-electron chi connectivity index (χ2n) is 7.00. The molecular formula is C20H19FN6O3S. The average molecular weight is 442 g/mol. The Labute approximate surface area is 181 Å². The van der Waals surface area contributed by atoms with Gasteiger partial charge in [-0.2, -0.15) is 0 Å². The maximum atomic E-state index is 14.0. The first-order chi connectivity index (χ1) is 14.9. The van der Waals surface area contributed by atoms with Gasteiger partial charge in [-0.3, -0.25) is 14.9 Å². The SMILES string of the molecule is Cn1cnnc1Sc1ccc(C(=O)N2CCN(c3ccccc3F)CC2)cc1[N+](=O)[O-]. The van der Waals surface area contributed by atoms with Crippen molar-refractivity contribution in [3.8, 4) is 0 Å². The van der Waals surface area contributed by atoms with Crippen LogP contribution in [0.1, 0.15) is 10.4 Å². The summed E-state index contributed by atoms with van der Waals surface area (Å²) >= 11 is 1.11. The molecule has 2 aromatic carbocycles. The number of benzene rings is 2. The molecule has 3 aromatic rings. The van der Waals surface area contributed by atoms with Crippen LogP contribution < -0.4 is 4.90 Å². The fourth-order valence-corrected chi connectivity index (χ4v) is 4.23. The summed E-state index contributed by atoms with van der Waals surface area (Å²) in [6.45, 7) is 1.76. The molecule has 0 spiro atoms. The standard InChI is InChI=1S/C20H19FN6O3S/c1-24-13-22-23-20(24)31-18-7-6-14(12-17(18)27(29)30)19(28)26-10-8-25(9-11-26)16-5-3-2-4-15(16)21/h2-7,12-13H,8-11H2,1H3. The lowest BCUT2D eigenvalue weighted by molar-refractivity contribution is -0.387. The summed E-state index contributed by atoms with van der Waals surface area (Å²) < 4.78 is 15.7. The molecule has 0 unspecified atom stereocenters. The first kappa shape index (κ1) is 20.8. The van der Waals surface area contributed by atoms with Crippen molar-refractivity contribution in [3.63, 3.8) is 0 Å². The minimum atomic E-state index is -0.508. The largest absolute Gasteiger partial charge is 0.366 e. The fourth-order valence-electron chi connectivity index (χ4n) is 3.38. The lowest BCUT2D eigenvalue weighted by Crippen LogP contribution is -2.49. The fraction of sp³-hybridized carbons (Fsp3) is 0.250. The normalized spacial score (nSPS) is 14.0. The van der Waals surface area contributed by atoms with Crippen molar-refractivity contribution in [1.29, 1.82) is 0 Å². The maximum Gasteiger partial charge on any atom is 0.284 e. The van der Waals surface area contributed by atoms with E-state index >= 15 is 0 Å². The van der Waals surface area contributed by atoms with Crippen molar-refractivity contribution < 1.29 is 14.1 Å². The first-order valence-corrected chi connectivity index (χ1v) is 10.3. The van der Waals surface area contributed by atoms with E-state index in [9.17, 15) is 19.3 Å². The van der Waals surface area contributed by atoms with Gasteiger partial charge in [0.2, 0.25) is 0 Å². The van der Waals surface area contributed by atoms with Gasteiger partial charge in [0.15, 0.2) is 5.16 Å². The summed E-state index contributed by atoms with van der Waals surface area (Å²) in [5.41, 5.74) is 0.590. The Morgan fingerprint density at radius 1 is 1.16 bits per heavy atom. The van der Waals surface area contributed by atoms with E-state index in [-0.39, 0.29) is 23.0 Å². The highest BCUT2D eigenvalue weighted by Crippen LogP contribution is 2.34. The molecule has 4 rings (SSSR count). The van der Waals surface area contributed by atoms with Gasteiger partial charge in [0.1, 0.15) is 12.1 Å². The van der Waals surface area contributed by atoms with E-state index < -0.39 is 4.92 Å². The number of aryl methyl sites for hydroxylation is 1. The highest BCUT2D eigenvalue weighted by atomic mass is 32.2. The van der Waals surface area contributed by atoms with Gasteiger partial charge in [-0.15, -0.1) is 10.2 Å². The minimum absolute atomic E-state index is 0.163. The number of nitrogens with zero attached hydrogens (tertiary/aromatic N) is 6. The first-order valence-electron chi connectivity index (χ1n) is 9.53. The summed E-state index contributed by atoms with van der Waals surface area (Å²) in [6.07, 6.45) is 1.51. The molecule has 1 aliphatic rings. The number of rotatable bonds is 5. The number of carbonyl (C=O) groups is 1. The molecule has 31 heavy (non-hydrogen) atoms. The molecule has 11 heteroatoms. The van der Waals surface area contributed by atoms with Gasteiger partial charge in [0.25, 0.3) is 11.6 Å². The maximum absolute atomic E-state index is 14.0. The number of aromatic nitrogens is 3. The molecule has 0 bridgehead atoms. The van der Waals surface area contributed by atoms with Gasteiger partial charge in [-0.25, -0.2) is 4.39 Å². The number of para-hydroxylation sites is 1. The molecule has 1 fully saturated rings. The predicted molar refractivity (Wildman–Crippen MR) is 113 cm³/mol. The summed E-state index contributed by atoms with van der Waals surface area (Å²) in [4.78, 5) is 27.9. The van der Waals surface area contributed by atoms with Gasteiger partial charge >= 0.3 is 0 Å². The highest BCUT2D eigenvalue weighted by molar-refractivity contribution is 7.99. The van der Waals surface area contributed by atoms with Gasteiger partial charge in [-0.05, 0) is 36.0 Å². The van der Waals surface area contributed by atoms with Gasteiger partial charge in [0, 0.05) is 44.9 Å².